The molecular formula is C21H10Cl3F3N2O2. The second kappa shape index (κ2) is 9.06. The highest BCUT2D eigenvalue weighted by atomic mass is 35.5. The van der Waals surface area contributed by atoms with Crippen LogP contribution in [-0.4, -0.2) is 5.91 Å². The van der Waals surface area contributed by atoms with Gasteiger partial charge in [-0.1, -0.05) is 34.8 Å². The number of halogens is 6. The van der Waals surface area contributed by atoms with Crippen LogP contribution in [0.15, 0.2) is 58.5 Å². The highest BCUT2D eigenvalue weighted by Gasteiger charge is 2.31. The van der Waals surface area contributed by atoms with Gasteiger partial charge in [-0.2, -0.15) is 18.4 Å². The fourth-order valence-electron chi connectivity index (χ4n) is 2.54. The summed E-state index contributed by atoms with van der Waals surface area (Å²) in [5.74, 6) is -0.674. The molecule has 10 heteroatoms. The average molecular weight is 486 g/mol. The summed E-state index contributed by atoms with van der Waals surface area (Å²) in [7, 11) is 0. The van der Waals surface area contributed by atoms with Gasteiger partial charge in [-0.3, -0.25) is 4.79 Å². The molecule has 3 aromatic rings. The summed E-state index contributed by atoms with van der Waals surface area (Å²) >= 11 is 17.9. The molecule has 0 saturated heterocycles. The molecule has 31 heavy (non-hydrogen) atoms. The van der Waals surface area contributed by atoms with Crippen molar-refractivity contribution in [1.29, 1.82) is 5.26 Å². The zero-order valence-electron chi connectivity index (χ0n) is 15.2. The van der Waals surface area contributed by atoms with E-state index in [0.29, 0.717) is 5.02 Å². The molecule has 0 aliphatic heterocycles. The molecule has 0 fully saturated rings. The van der Waals surface area contributed by atoms with Crippen molar-refractivity contribution in [2.24, 2.45) is 0 Å². The molecule has 0 saturated carbocycles. The lowest BCUT2D eigenvalue weighted by Gasteiger charge is -2.09. The highest BCUT2D eigenvalue weighted by molar-refractivity contribution is 6.36. The number of carbonyl (C=O) groups excluding carboxylic acids is 1. The number of alkyl halides is 3. The predicted molar refractivity (Wildman–Crippen MR) is 113 cm³/mol. The number of benzene rings is 2. The number of nitrogens with one attached hydrogen (secondary N) is 1. The number of anilines is 1. The molecular weight excluding hydrogens is 476 g/mol. The maximum absolute atomic E-state index is 13.0. The van der Waals surface area contributed by atoms with Gasteiger partial charge >= 0.3 is 6.18 Å². The molecule has 1 heterocycles. The van der Waals surface area contributed by atoms with Gasteiger partial charge in [0.15, 0.2) is 0 Å². The SMILES string of the molecule is N#C/C(=C\c1ccc(-c2cc(C(F)(F)F)ccc2Cl)o1)C(=O)Nc1cc(Cl)ccc1Cl. The molecule has 0 spiro atoms. The van der Waals surface area contributed by atoms with Crippen molar-refractivity contribution in [1.82, 2.24) is 0 Å². The monoisotopic (exact) mass is 484 g/mol. The van der Waals surface area contributed by atoms with E-state index in [0.717, 1.165) is 24.3 Å². The zero-order valence-corrected chi connectivity index (χ0v) is 17.5. The van der Waals surface area contributed by atoms with Crippen LogP contribution in [0.3, 0.4) is 0 Å². The summed E-state index contributed by atoms with van der Waals surface area (Å²) in [5.41, 5.74) is -0.996. The van der Waals surface area contributed by atoms with Crippen LogP contribution >= 0.6 is 34.8 Å². The third-order valence-corrected chi connectivity index (χ3v) is 4.91. The molecule has 4 nitrogen and oxygen atoms in total. The van der Waals surface area contributed by atoms with E-state index in [1.807, 2.05) is 0 Å². The number of amides is 1. The summed E-state index contributed by atoms with van der Waals surface area (Å²) in [4.78, 5) is 12.4. The first kappa shape index (κ1) is 22.8. The normalized spacial score (nSPS) is 11.8. The maximum atomic E-state index is 13.0. The number of hydrogen-bond donors (Lipinski definition) is 1. The van der Waals surface area contributed by atoms with Gasteiger partial charge in [-0.05, 0) is 48.5 Å². The highest BCUT2D eigenvalue weighted by Crippen LogP contribution is 2.36. The summed E-state index contributed by atoms with van der Waals surface area (Å²) in [6.07, 6.45) is -3.42. The van der Waals surface area contributed by atoms with Crippen LogP contribution < -0.4 is 5.32 Å². The molecule has 0 unspecified atom stereocenters. The minimum atomic E-state index is -4.55. The maximum Gasteiger partial charge on any atom is 0.416 e. The number of rotatable bonds is 4. The largest absolute Gasteiger partial charge is 0.457 e. The van der Waals surface area contributed by atoms with Crippen molar-refractivity contribution in [3.05, 3.63) is 80.5 Å². The second-order valence-corrected chi connectivity index (χ2v) is 7.39. The van der Waals surface area contributed by atoms with Gasteiger partial charge in [0, 0.05) is 16.7 Å². The smallest absolute Gasteiger partial charge is 0.416 e. The van der Waals surface area contributed by atoms with Crippen LogP contribution in [0.5, 0.6) is 0 Å². The van der Waals surface area contributed by atoms with Gasteiger partial charge in [0.25, 0.3) is 5.91 Å². The quantitative estimate of drug-likeness (QED) is 0.308. The van der Waals surface area contributed by atoms with E-state index in [-0.39, 0.29) is 38.4 Å². The Morgan fingerprint density at radius 3 is 2.42 bits per heavy atom. The summed E-state index contributed by atoms with van der Waals surface area (Å²) in [5, 5.41) is 12.4. The molecule has 2 aromatic carbocycles. The number of nitriles is 1. The lowest BCUT2D eigenvalue weighted by molar-refractivity contribution is -0.137. The molecule has 0 atom stereocenters. The number of carbonyl (C=O) groups is 1. The molecule has 0 aliphatic rings. The summed E-state index contributed by atoms with van der Waals surface area (Å²) < 4.78 is 44.4. The molecule has 1 aromatic heterocycles. The number of hydrogen-bond acceptors (Lipinski definition) is 3. The van der Waals surface area contributed by atoms with Crippen molar-refractivity contribution in [2.75, 3.05) is 5.32 Å². The Hall–Kier alpha value is -2.92. The fourth-order valence-corrected chi connectivity index (χ4v) is 3.09. The van der Waals surface area contributed by atoms with E-state index in [1.165, 1.54) is 30.3 Å². The third-order valence-electron chi connectivity index (χ3n) is 4.01. The van der Waals surface area contributed by atoms with E-state index in [4.69, 9.17) is 39.2 Å². The molecule has 1 N–H and O–H groups in total. The molecule has 0 aliphatic carbocycles. The summed E-state index contributed by atoms with van der Waals surface area (Å²) in [6, 6.07) is 11.8. The first-order valence-electron chi connectivity index (χ1n) is 8.43. The molecule has 0 radical (unpaired) electrons. The topological polar surface area (TPSA) is 66.0 Å². The Labute approximate surface area is 189 Å². The Kier molecular flexibility index (Phi) is 6.65. The minimum absolute atomic E-state index is 0.0183. The van der Waals surface area contributed by atoms with Crippen LogP contribution in [0.1, 0.15) is 11.3 Å². The molecule has 3 rings (SSSR count). The third kappa shape index (κ3) is 5.42. The Balaban J connectivity index is 1.88. The predicted octanol–water partition coefficient (Wildman–Crippen LogP) is 7.47. The van der Waals surface area contributed by atoms with Gasteiger partial charge in [-0.25, -0.2) is 0 Å². The minimum Gasteiger partial charge on any atom is -0.457 e. The fraction of sp³-hybridized carbons (Fsp3) is 0.0476. The number of nitrogens with zero attached hydrogens (tertiary/aromatic N) is 1. The first-order chi connectivity index (χ1) is 14.6. The molecule has 158 valence electrons. The van der Waals surface area contributed by atoms with E-state index < -0.39 is 17.6 Å². The zero-order chi connectivity index (χ0) is 22.8. The Morgan fingerprint density at radius 2 is 1.74 bits per heavy atom. The van der Waals surface area contributed by atoms with Crippen LogP contribution in [0.4, 0.5) is 18.9 Å². The van der Waals surface area contributed by atoms with E-state index in [1.54, 1.807) is 6.07 Å². The summed E-state index contributed by atoms with van der Waals surface area (Å²) in [6.45, 7) is 0. The van der Waals surface area contributed by atoms with Crippen LogP contribution in [0, 0.1) is 11.3 Å². The lowest BCUT2D eigenvalue weighted by Crippen LogP contribution is -2.13. The van der Waals surface area contributed by atoms with Crippen LogP contribution in [-0.2, 0) is 11.0 Å². The first-order valence-corrected chi connectivity index (χ1v) is 9.57. The van der Waals surface area contributed by atoms with Crippen molar-refractivity contribution in [3.63, 3.8) is 0 Å². The van der Waals surface area contributed by atoms with Crippen molar-refractivity contribution in [3.8, 4) is 17.4 Å². The molecule has 1 amide bonds. The van der Waals surface area contributed by atoms with Gasteiger partial charge in [-0.15, -0.1) is 0 Å². The van der Waals surface area contributed by atoms with E-state index in [2.05, 4.69) is 5.32 Å². The Morgan fingerprint density at radius 1 is 1.03 bits per heavy atom. The standard InChI is InChI=1S/C21H10Cl3F3N2O2/c22-13-2-5-17(24)18(9-13)29-20(30)11(10-28)7-14-3-6-19(31-14)15-8-12(21(25,26)27)1-4-16(15)23/h1-9H,(H,29,30)/b11-7+. The van der Waals surface area contributed by atoms with Crippen molar-refractivity contribution < 1.29 is 22.4 Å². The van der Waals surface area contributed by atoms with Gasteiger partial charge in [0.05, 0.1) is 21.3 Å². The van der Waals surface area contributed by atoms with Gasteiger partial charge < -0.3 is 9.73 Å². The average Bonchev–Trinajstić information content (AvgIpc) is 3.16. The lowest BCUT2D eigenvalue weighted by atomic mass is 10.1. The van der Waals surface area contributed by atoms with Crippen molar-refractivity contribution in [2.45, 2.75) is 6.18 Å². The van der Waals surface area contributed by atoms with Gasteiger partial charge in [0.1, 0.15) is 23.2 Å². The second-order valence-electron chi connectivity index (χ2n) is 6.14. The van der Waals surface area contributed by atoms with E-state index >= 15 is 0 Å². The van der Waals surface area contributed by atoms with Gasteiger partial charge in [0.2, 0.25) is 0 Å². The Bertz CT molecular complexity index is 1230. The van der Waals surface area contributed by atoms with E-state index in [9.17, 15) is 23.2 Å². The van der Waals surface area contributed by atoms with Crippen LogP contribution in [0.25, 0.3) is 17.4 Å². The van der Waals surface area contributed by atoms with Crippen molar-refractivity contribution >= 4 is 52.5 Å². The number of furan rings is 1. The molecule has 0 bridgehead atoms. The van der Waals surface area contributed by atoms with Crippen LogP contribution in [0.2, 0.25) is 15.1 Å².